The highest BCUT2D eigenvalue weighted by Gasteiger charge is 2.34. The Morgan fingerprint density at radius 3 is 2.52 bits per heavy atom. The molecule has 1 aromatic heterocycles. The number of hydrogen-bond donors (Lipinski definition) is 0. The van der Waals surface area contributed by atoms with Crippen LogP contribution in [0.4, 0.5) is 0 Å². The van der Waals surface area contributed by atoms with E-state index in [1.165, 1.54) is 0 Å². The van der Waals surface area contributed by atoms with E-state index in [1.807, 2.05) is 42.5 Å². The molecule has 8 nitrogen and oxygen atoms in total. The van der Waals surface area contributed by atoms with Gasteiger partial charge in [0.2, 0.25) is 17.6 Å². The minimum Gasteiger partial charge on any atom is -0.494 e. The maximum atomic E-state index is 13.8. The number of carbonyl (C=O) groups excluding carboxylic acids is 2. The normalized spacial score (nSPS) is 14.9. The van der Waals surface area contributed by atoms with E-state index in [0.717, 1.165) is 42.6 Å². The fourth-order valence-electron chi connectivity index (χ4n) is 5.04. The number of carbonyl (C=O) groups is 2. The van der Waals surface area contributed by atoms with Crippen molar-refractivity contribution in [3.63, 3.8) is 0 Å². The maximum Gasteiger partial charge on any atom is 0.254 e. The SMILES string of the molecule is CCCCOc1ccc(C(=O)N(CC(=O)N2CCCC[C@@H]2c2nc(-c3ccc(Cl)cc3)no2)Cc2ccccc2)cc1. The maximum absolute atomic E-state index is 13.8. The molecule has 0 unspecified atom stereocenters. The Kier molecular flexibility index (Phi) is 9.87. The van der Waals surface area contributed by atoms with Crippen molar-refractivity contribution in [2.24, 2.45) is 0 Å². The summed E-state index contributed by atoms with van der Waals surface area (Å²) < 4.78 is 11.4. The van der Waals surface area contributed by atoms with Crippen LogP contribution in [-0.2, 0) is 11.3 Å². The van der Waals surface area contributed by atoms with Crippen LogP contribution in [0.1, 0.15) is 66.9 Å². The molecule has 1 aliphatic rings. The third-order valence-electron chi connectivity index (χ3n) is 7.35. The van der Waals surface area contributed by atoms with Gasteiger partial charge < -0.3 is 19.1 Å². The molecule has 0 spiro atoms. The Hall–Kier alpha value is -4.17. The highest BCUT2D eigenvalue weighted by molar-refractivity contribution is 6.30. The fraction of sp³-hybridized carbons (Fsp3) is 0.333. The van der Waals surface area contributed by atoms with Crippen molar-refractivity contribution in [2.75, 3.05) is 19.7 Å². The molecule has 0 radical (unpaired) electrons. The number of hydrogen-bond acceptors (Lipinski definition) is 6. The van der Waals surface area contributed by atoms with Gasteiger partial charge >= 0.3 is 0 Å². The smallest absolute Gasteiger partial charge is 0.254 e. The zero-order valence-corrected chi connectivity index (χ0v) is 24.5. The van der Waals surface area contributed by atoms with Crippen LogP contribution in [-0.4, -0.2) is 51.5 Å². The summed E-state index contributed by atoms with van der Waals surface area (Å²) in [5, 5.41) is 4.78. The van der Waals surface area contributed by atoms with Crippen molar-refractivity contribution in [1.29, 1.82) is 0 Å². The van der Waals surface area contributed by atoms with Crippen LogP contribution < -0.4 is 4.74 Å². The summed E-state index contributed by atoms with van der Waals surface area (Å²) in [5.41, 5.74) is 2.23. The first kappa shape index (κ1) is 29.3. The van der Waals surface area contributed by atoms with Gasteiger partial charge in [0.15, 0.2) is 0 Å². The number of piperidine rings is 1. The van der Waals surface area contributed by atoms with Gasteiger partial charge in [0.1, 0.15) is 18.3 Å². The zero-order chi connectivity index (χ0) is 29.3. The Morgan fingerprint density at radius 2 is 1.79 bits per heavy atom. The van der Waals surface area contributed by atoms with Crippen LogP contribution >= 0.6 is 11.6 Å². The molecule has 218 valence electrons. The summed E-state index contributed by atoms with van der Waals surface area (Å²) in [7, 11) is 0. The molecule has 1 fully saturated rings. The van der Waals surface area contributed by atoms with Gasteiger partial charge in [-0.2, -0.15) is 4.98 Å². The quantitative estimate of drug-likeness (QED) is 0.176. The summed E-state index contributed by atoms with van der Waals surface area (Å²) in [6, 6.07) is 23.7. The molecule has 3 aromatic carbocycles. The highest BCUT2D eigenvalue weighted by atomic mass is 35.5. The second-order valence-corrected chi connectivity index (χ2v) is 10.9. The lowest BCUT2D eigenvalue weighted by Crippen LogP contribution is -2.45. The van der Waals surface area contributed by atoms with E-state index < -0.39 is 0 Å². The molecule has 1 aliphatic heterocycles. The van der Waals surface area contributed by atoms with Crippen molar-refractivity contribution in [3.8, 4) is 17.1 Å². The van der Waals surface area contributed by atoms with Gasteiger partial charge in [-0.15, -0.1) is 0 Å². The Labute approximate surface area is 251 Å². The van der Waals surface area contributed by atoms with Crippen molar-refractivity contribution < 1.29 is 18.8 Å². The predicted octanol–water partition coefficient (Wildman–Crippen LogP) is 6.97. The number of amides is 2. The summed E-state index contributed by atoms with van der Waals surface area (Å²) >= 11 is 6.02. The van der Waals surface area contributed by atoms with E-state index in [9.17, 15) is 9.59 Å². The molecule has 4 aromatic rings. The minimum absolute atomic E-state index is 0.0723. The fourth-order valence-corrected chi connectivity index (χ4v) is 5.17. The molecule has 0 aliphatic carbocycles. The molecular weight excluding hydrogens is 552 g/mol. The van der Waals surface area contributed by atoms with Crippen LogP contribution in [0.3, 0.4) is 0 Å². The summed E-state index contributed by atoms with van der Waals surface area (Å²) in [4.78, 5) is 35.6. The van der Waals surface area contributed by atoms with Gasteiger partial charge in [-0.3, -0.25) is 9.59 Å². The highest BCUT2D eigenvalue weighted by Crippen LogP contribution is 2.32. The number of rotatable bonds is 11. The molecule has 1 saturated heterocycles. The van der Waals surface area contributed by atoms with Crippen LogP contribution in [0.15, 0.2) is 83.4 Å². The van der Waals surface area contributed by atoms with Gasteiger partial charge in [0.25, 0.3) is 5.91 Å². The summed E-state index contributed by atoms with van der Waals surface area (Å²) in [6.45, 7) is 3.54. The predicted molar refractivity (Wildman–Crippen MR) is 161 cm³/mol. The first-order valence-electron chi connectivity index (χ1n) is 14.5. The van der Waals surface area contributed by atoms with Crippen LogP contribution in [0.25, 0.3) is 11.4 Å². The molecule has 0 bridgehead atoms. The average Bonchev–Trinajstić information content (AvgIpc) is 3.52. The lowest BCUT2D eigenvalue weighted by molar-refractivity contribution is -0.136. The lowest BCUT2D eigenvalue weighted by Gasteiger charge is -2.35. The molecular formula is C33H35ClN4O4. The largest absolute Gasteiger partial charge is 0.494 e. The van der Waals surface area contributed by atoms with Crippen LogP contribution in [0, 0.1) is 0 Å². The molecule has 2 amide bonds. The Morgan fingerprint density at radius 1 is 1.02 bits per heavy atom. The second kappa shape index (κ2) is 14.1. The van der Waals surface area contributed by atoms with Gasteiger partial charge in [-0.25, -0.2) is 0 Å². The van der Waals surface area contributed by atoms with Crippen molar-refractivity contribution >= 4 is 23.4 Å². The molecule has 5 rings (SSSR count). The molecule has 2 heterocycles. The lowest BCUT2D eigenvalue weighted by atomic mass is 10.0. The van der Waals surface area contributed by atoms with Crippen LogP contribution in [0.2, 0.25) is 5.02 Å². The van der Waals surface area contributed by atoms with Gasteiger partial charge in [-0.1, -0.05) is 60.4 Å². The van der Waals surface area contributed by atoms with Gasteiger partial charge in [0, 0.05) is 29.2 Å². The van der Waals surface area contributed by atoms with E-state index in [0.29, 0.717) is 48.4 Å². The average molecular weight is 587 g/mol. The third-order valence-corrected chi connectivity index (χ3v) is 7.60. The van der Waals surface area contributed by atoms with Crippen molar-refractivity contribution in [3.05, 3.63) is 101 Å². The Bertz CT molecular complexity index is 1460. The number of benzene rings is 3. The van der Waals surface area contributed by atoms with E-state index in [-0.39, 0.29) is 24.4 Å². The van der Waals surface area contributed by atoms with Crippen LogP contribution in [0.5, 0.6) is 5.75 Å². The van der Waals surface area contributed by atoms with Gasteiger partial charge in [-0.05, 0) is 79.8 Å². The zero-order valence-electron chi connectivity index (χ0n) is 23.7. The standard InChI is InChI=1S/C33H35ClN4O4/c1-2-3-21-41-28-18-14-26(15-19-28)33(40)37(22-24-9-5-4-6-10-24)23-30(39)38-20-8-7-11-29(38)32-35-31(36-42-32)25-12-16-27(34)17-13-25/h4-6,9-10,12-19,29H,2-3,7-8,11,20-23H2,1H3/t29-/m1/s1. The monoisotopic (exact) mass is 586 g/mol. The van der Waals surface area contributed by atoms with Crippen molar-refractivity contribution in [2.45, 2.75) is 51.6 Å². The number of nitrogens with zero attached hydrogens (tertiary/aromatic N) is 4. The Balaban J connectivity index is 1.33. The number of unbranched alkanes of at least 4 members (excludes halogenated alkanes) is 1. The van der Waals surface area contributed by atoms with Crippen molar-refractivity contribution in [1.82, 2.24) is 19.9 Å². The molecule has 42 heavy (non-hydrogen) atoms. The van der Waals surface area contributed by atoms with E-state index >= 15 is 0 Å². The topological polar surface area (TPSA) is 88.8 Å². The number of likely N-dealkylation sites (tertiary alicyclic amines) is 1. The number of ether oxygens (including phenoxy) is 1. The first-order valence-corrected chi connectivity index (χ1v) is 14.8. The number of aromatic nitrogens is 2. The molecule has 1 atom stereocenters. The summed E-state index contributed by atoms with van der Waals surface area (Å²) in [5.74, 6) is 1.19. The summed E-state index contributed by atoms with van der Waals surface area (Å²) in [6.07, 6.45) is 4.53. The molecule has 0 saturated carbocycles. The minimum atomic E-state index is -0.354. The van der Waals surface area contributed by atoms with E-state index in [1.54, 1.807) is 46.2 Å². The molecule has 0 N–H and O–H groups in total. The third kappa shape index (κ3) is 7.36. The number of halogens is 1. The molecule has 9 heteroatoms. The van der Waals surface area contributed by atoms with E-state index in [2.05, 4.69) is 17.1 Å². The van der Waals surface area contributed by atoms with Gasteiger partial charge in [0.05, 0.1) is 6.61 Å². The second-order valence-electron chi connectivity index (χ2n) is 10.4. The first-order chi connectivity index (χ1) is 20.5. The van der Waals surface area contributed by atoms with E-state index in [4.69, 9.17) is 20.9 Å².